The molecule has 0 amide bonds. The monoisotopic (exact) mass is 177 g/mol. The number of nitrogens with zero attached hydrogens (tertiary/aromatic N) is 2. The van der Waals surface area contributed by atoms with Gasteiger partial charge in [0.2, 0.25) is 0 Å². The standard InChI is InChI=1S/C9H11N3O/c1-10-7-2-3-9-11-8(6-13)5-12(9)4-7/h2-4,6,8,10H,5H2,1H3. The second kappa shape index (κ2) is 3.05. The van der Waals surface area contributed by atoms with Crippen LogP contribution in [0, 0.1) is 0 Å². The summed E-state index contributed by atoms with van der Waals surface area (Å²) in [6.07, 6.45) is 6.70. The summed E-state index contributed by atoms with van der Waals surface area (Å²) in [7, 11) is 1.87. The molecule has 2 rings (SSSR count). The van der Waals surface area contributed by atoms with Crippen LogP contribution in [0.2, 0.25) is 0 Å². The van der Waals surface area contributed by atoms with Crippen molar-refractivity contribution >= 4 is 12.1 Å². The van der Waals surface area contributed by atoms with Crippen LogP contribution in [0.5, 0.6) is 0 Å². The van der Waals surface area contributed by atoms with Crippen molar-refractivity contribution in [2.24, 2.45) is 4.99 Å². The maximum atomic E-state index is 10.5. The van der Waals surface area contributed by atoms with Gasteiger partial charge in [0.25, 0.3) is 0 Å². The molecule has 1 unspecified atom stereocenters. The normalized spacial score (nSPS) is 25.0. The van der Waals surface area contributed by atoms with Gasteiger partial charge < -0.3 is 15.0 Å². The molecule has 2 heterocycles. The van der Waals surface area contributed by atoms with Gasteiger partial charge in [0.1, 0.15) is 18.2 Å². The van der Waals surface area contributed by atoms with Crippen molar-refractivity contribution in [1.29, 1.82) is 0 Å². The first-order chi connectivity index (χ1) is 6.33. The highest BCUT2D eigenvalue weighted by atomic mass is 16.1. The van der Waals surface area contributed by atoms with Crippen molar-refractivity contribution < 1.29 is 4.79 Å². The van der Waals surface area contributed by atoms with Gasteiger partial charge in [-0.15, -0.1) is 0 Å². The van der Waals surface area contributed by atoms with Crippen LogP contribution in [-0.2, 0) is 4.79 Å². The van der Waals surface area contributed by atoms with Gasteiger partial charge in [0.15, 0.2) is 0 Å². The number of hydrogen-bond donors (Lipinski definition) is 1. The molecule has 0 aromatic carbocycles. The van der Waals surface area contributed by atoms with Crippen LogP contribution in [0.4, 0.5) is 0 Å². The highest BCUT2D eigenvalue weighted by molar-refractivity contribution is 5.98. The van der Waals surface area contributed by atoms with Gasteiger partial charge in [-0.05, 0) is 12.2 Å². The van der Waals surface area contributed by atoms with Crippen LogP contribution >= 0.6 is 0 Å². The number of rotatable bonds is 2. The van der Waals surface area contributed by atoms with Crippen molar-refractivity contribution in [2.45, 2.75) is 6.04 Å². The zero-order chi connectivity index (χ0) is 9.26. The fourth-order valence-corrected chi connectivity index (χ4v) is 1.43. The third-order valence-corrected chi connectivity index (χ3v) is 2.13. The Morgan fingerprint density at radius 2 is 2.54 bits per heavy atom. The second-order valence-electron chi connectivity index (χ2n) is 3.01. The van der Waals surface area contributed by atoms with E-state index in [1.807, 2.05) is 30.3 Å². The Kier molecular flexibility index (Phi) is 1.88. The number of amidine groups is 1. The van der Waals surface area contributed by atoms with E-state index in [1.54, 1.807) is 0 Å². The molecule has 0 fully saturated rings. The van der Waals surface area contributed by atoms with Gasteiger partial charge in [0.05, 0.1) is 12.2 Å². The first-order valence-corrected chi connectivity index (χ1v) is 4.21. The lowest BCUT2D eigenvalue weighted by Gasteiger charge is -2.18. The van der Waals surface area contributed by atoms with E-state index in [4.69, 9.17) is 0 Å². The van der Waals surface area contributed by atoms with Crippen molar-refractivity contribution in [1.82, 2.24) is 10.2 Å². The van der Waals surface area contributed by atoms with E-state index in [0.717, 1.165) is 17.8 Å². The maximum Gasteiger partial charge on any atom is 0.146 e. The third-order valence-electron chi connectivity index (χ3n) is 2.13. The maximum absolute atomic E-state index is 10.5. The summed E-state index contributed by atoms with van der Waals surface area (Å²) in [6.45, 7) is 0.661. The van der Waals surface area contributed by atoms with E-state index in [-0.39, 0.29) is 6.04 Å². The molecule has 68 valence electrons. The van der Waals surface area contributed by atoms with Crippen molar-refractivity contribution in [3.63, 3.8) is 0 Å². The number of aldehydes is 1. The zero-order valence-electron chi connectivity index (χ0n) is 7.40. The average Bonchev–Trinajstić information content (AvgIpc) is 2.58. The van der Waals surface area contributed by atoms with Crippen LogP contribution in [0.25, 0.3) is 0 Å². The van der Waals surface area contributed by atoms with Crippen molar-refractivity contribution in [3.05, 3.63) is 24.0 Å². The molecule has 1 atom stereocenters. The van der Waals surface area contributed by atoms with Gasteiger partial charge in [-0.25, -0.2) is 0 Å². The quantitative estimate of drug-likeness (QED) is 0.599. The minimum atomic E-state index is -0.202. The Labute approximate surface area is 76.6 Å². The molecule has 0 saturated carbocycles. The molecule has 0 aromatic rings. The topological polar surface area (TPSA) is 44.7 Å². The van der Waals surface area contributed by atoms with E-state index in [0.29, 0.717) is 6.54 Å². The number of aliphatic imine (C=N–C) groups is 1. The van der Waals surface area contributed by atoms with E-state index < -0.39 is 0 Å². The predicted octanol–water partition coefficient (Wildman–Crippen LogP) is -0.101. The fourth-order valence-electron chi connectivity index (χ4n) is 1.43. The number of nitrogens with one attached hydrogen (secondary N) is 1. The molecule has 0 saturated heterocycles. The van der Waals surface area contributed by atoms with E-state index in [9.17, 15) is 4.79 Å². The first-order valence-electron chi connectivity index (χ1n) is 4.21. The van der Waals surface area contributed by atoms with E-state index >= 15 is 0 Å². The molecule has 0 aliphatic carbocycles. The molecule has 13 heavy (non-hydrogen) atoms. The molecular formula is C9H11N3O. The van der Waals surface area contributed by atoms with Gasteiger partial charge in [-0.2, -0.15) is 0 Å². The highest BCUT2D eigenvalue weighted by Crippen LogP contribution is 2.14. The highest BCUT2D eigenvalue weighted by Gasteiger charge is 2.23. The minimum Gasteiger partial charge on any atom is -0.387 e. The number of carbonyl (C=O) groups excluding carboxylic acids is 1. The average molecular weight is 177 g/mol. The summed E-state index contributed by atoms with van der Waals surface area (Å²) in [6, 6.07) is -0.202. The van der Waals surface area contributed by atoms with Gasteiger partial charge in [0, 0.05) is 13.2 Å². The Balaban J connectivity index is 2.20. The lowest BCUT2D eigenvalue weighted by Crippen LogP contribution is -2.27. The Hall–Kier alpha value is -1.58. The molecule has 0 radical (unpaired) electrons. The molecular weight excluding hydrogens is 166 g/mol. The summed E-state index contributed by atoms with van der Waals surface area (Å²) < 4.78 is 0. The molecule has 0 aromatic heterocycles. The van der Waals surface area contributed by atoms with Gasteiger partial charge >= 0.3 is 0 Å². The first kappa shape index (κ1) is 8.04. The summed E-state index contributed by atoms with van der Waals surface area (Å²) in [5, 5.41) is 3.04. The van der Waals surface area contributed by atoms with E-state index in [2.05, 4.69) is 10.3 Å². The smallest absolute Gasteiger partial charge is 0.146 e. The van der Waals surface area contributed by atoms with E-state index in [1.165, 1.54) is 0 Å². The van der Waals surface area contributed by atoms with Crippen LogP contribution in [0.15, 0.2) is 29.0 Å². The lowest BCUT2D eigenvalue weighted by atomic mass is 10.3. The van der Waals surface area contributed by atoms with Crippen LogP contribution in [0.1, 0.15) is 0 Å². The van der Waals surface area contributed by atoms with Crippen molar-refractivity contribution in [2.75, 3.05) is 13.6 Å². The predicted molar refractivity (Wildman–Crippen MR) is 50.3 cm³/mol. The van der Waals surface area contributed by atoms with Crippen LogP contribution in [0.3, 0.4) is 0 Å². The number of hydrogen-bond acceptors (Lipinski definition) is 4. The van der Waals surface area contributed by atoms with Crippen LogP contribution < -0.4 is 5.32 Å². The SMILES string of the molecule is CNC1=CN2CC(C=O)N=C2C=C1. The Bertz CT molecular complexity index is 317. The van der Waals surface area contributed by atoms with Crippen LogP contribution in [-0.4, -0.2) is 36.7 Å². The number of likely N-dealkylation sites (N-methyl/N-ethyl adjacent to an activating group) is 1. The Morgan fingerprint density at radius 1 is 1.69 bits per heavy atom. The third kappa shape index (κ3) is 1.35. The molecule has 4 heteroatoms. The molecule has 0 bridgehead atoms. The molecule has 1 N–H and O–H groups in total. The number of allylic oxidation sites excluding steroid dienone is 1. The molecule has 4 nitrogen and oxygen atoms in total. The molecule has 0 spiro atoms. The summed E-state index contributed by atoms with van der Waals surface area (Å²) in [5.74, 6) is 0.871. The summed E-state index contributed by atoms with van der Waals surface area (Å²) in [5.41, 5.74) is 1.03. The zero-order valence-corrected chi connectivity index (χ0v) is 7.40. The Morgan fingerprint density at radius 3 is 3.23 bits per heavy atom. The summed E-state index contributed by atoms with van der Waals surface area (Å²) in [4.78, 5) is 16.7. The van der Waals surface area contributed by atoms with Crippen molar-refractivity contribution in [3.8, 4) is 0 Å². The van der Waals surface area contributed by atoms with Gasteiger partial charge in [-0.3, -0.25) is 4.99 Å². The minimum absolute atomic E-state index is 0.202. The largest absolute Gasteiger partial charge is 0.387 e. The molecule has 2 aliphatic heterocycles. The number of fused-ring (bicyclic) bond motifs is 1. The lowest BCUT2D eigenvalue weighted by molar-refractivity contribution is -0.108. The molecule has 2 aliphatic rings. The summed E-state index contributed by atoms with van der Waals surface area (Å²) >= 11 is 0. The number of carbonyl (C=O) groups is 1. The fraction of sp³-hybridized carbons (Fsp3) is 0.333. The second-order valence-corrected chi connectivity index (χ2v) is 3.01. The van der Waals surface area contributed by atoms with Gasteiger partial charge in [-0.1, -0.05) is 0 Å².